The standard InChI is InChI=1S/C20H13N3O/c21-10-14-5-6-16(7-15-11-22-13-23-12-15)18(8-14)20-9-17-3-1-2-4-19(17)24-20/h1-6,8-9,11-13H,7H2. The Balaban J connectivity index is 1.84. The Morgan fingerprint density at radius 1 is 1.00 bits per heavy atom. The van der Waals surface area contributed by atoms with Crippen LogP contribution in [0.25, 0.3) is 22.3 Å². The van der Waals surface area contributed by atoms with E-state index in [1.54, 1.807) is 12.4 Å². The number of furan rings is 1. The Morgan fingerprint density at radius 2 is 1.83 bits per heavy atom. The summed E-state index contributed by atoms with van der Waals surface area (Å²) in [5.74, 6) is 0.764. The summed E-state index contributed by atoms with van der Waals surface area (Å²) in [6, 6.07) is 17.8. The first-order chi connectivity index (χ1) is 11.8. The van der Waals surface area contributed by atoms with E-state index in [1.165, 1.54) is 6.33 Å². The van der Waals surface area contributed by atoms with Crippen molar-refractivity contribution in [3.05, 3.63) is 83.9 Å². The summed E-state index contributed by atoms with van der Waals surface area (Å²) in [4.78, 5) is 8.13. The van der Waals surface area contributed by atoms with Gasteiger partial charge in [0.05, 0.1) is 11.6 Å². The predicted octanol–water partition coefficient (Wildman–Crippen LogP) is 4.35. The van der Waals surface area contributed by atoms with E-state index in [1.807, 2.05) is 48.5 Å². The SMILES string of the molecule is N#Cc1ccc(Cc2cncnc2)c(-c2cc3ccccc3o2)c1. The van der Waals surface area contributed by atoms with Gasteiger partial charge in [0, 0.05) is 29.8 Å². The van der Waals surface area contributed by atoms with Crippen LogP contribution in [-0.4, -0.2) is 9.97 Å². The Hall–Kier alpha value is -3.45. The maximum atomic E-state index is 9.23. The monoisotopic (exact) mass is 311 g/mol. The van der Waals surface area contributed by atoms with Crippen LogP contribution < -0.4 is 0 Å². The second-order valence-corrected chi connectivity index (χ2v) is 5.56. The van der Waals surface area contributed by atoms with Gasteiger partial charge in [0.25, 0.3) is 0 Å². The number of fused-ring (bicyclic) bond motifs is 1. The first-order valence-electron chi connectivity index (χ1n) is 7.59. The highest BCUT2D eigenvalue weighted by Crippen LogP contribution is 2.31. The summed E-state index contributed by atoms with van der Waals surface area (Å²) < 4.78 is 5.99. The van der Waals surface area contributed by atoms with Gasteiger partial charge >= 0.3 is 0 Å². The largest absolute Gasteiger partial charge is 0.456 e. The molecule has 4 nitrogen and oxygen atoms in total. The zero-order valence-electron chi connectivity index (χ0n) is 12.8. The maximum absolute atomic E-state index is 9.23. The predicted molar refractivity (Wildman–Crippen MR) is 91.2 cm³/mol. The van der Waals surface area contributed by atoms with E-state index in [0.29, 0.717) is 12.0 Å². The number of benzene rings is 2. The first-order valence-corrected chi connectivity index (χ1v) is 7.59. The van der Waals surface area contributed by atoms with E-state index < -0.39 is 0 Å². The molecule has 0 saturated heterocycles. The number of hydrogen-bond acceptors (Lipinski definition) is 4. The van der Waals surface area contributed by atoms with E-state index in [4.69, 9.17) is 4.42 Å². The van der Waals surface area contributed by atoms with E-state index in [9.17, 15) is 5.26 Å². The number of rotatable bonds is 3. The van der Waals surface area contributed by atoms with Crippen LogP contribution in [0.3, 0.4) is 0 Å². The van der Waals surface area contributed by atoms with Gasteiger partial charge in [0.15, 0.2) is 0 Å². The van der Waals surface area contributed by atoms with E-state index in [0.717, 1.165) is 33.4 Å². The molecule has 4 aromatic rings. The minimum atomic E-state index is 0.610. The van der Waals surface area contributed by atoms with Crippen molar-refractivity contribution in [2.24, 2.45) is 0 Å². The molecule has 2 aromatic carbocycles. The average molecular weight is 311 g/mol. The van der Waals surface area contributed by atoms with Crippen molar-refractivity contribution in [1.82, 2.24) is 9.97 Å². The molecule has 0 aliphatic carbocycles. The number of nitriles is 1. The first kappa shape index (κ1) is 14.2. The fourth-order valence-electron chi connectivity index (χ4n) is 2.79. The second-order valence-electron chi connectivity index (χ2n) is 5.56. The van der Waals surface area contributed by atoms with Crippen molar-refractivity contribution in [2.45, 2.75) is 6.42 Å². The molecule has 24 heavy (non-hydrogen) atoms. The summed E-state index contributed by atoms with van der Waals surface area (Å²) >= 11 is 0. The van der Waals surface area contributed by atoms with E-state index in [-0.39, 0.29) is 0 Å². The molecular weight excluding hydrogens is 298 g/mol. The average Bonchev–Trinajstić information content (AvgIpc) is 3.07. The Bertz CT molecular complexity index is 1010. The molecule has 0 N–H and O–H groups in total. The van der Waals surface area contributed by atoms with Crippen LogP contribution in [0.2, 0.25) is 0 Å². The molecule has 0 bridgehead atoms. The quantitative estimate of drug-likeness (QED) is 0.564. The highest BCUT2D eigenvalue weighted by Gasteiger charge is 2.12. The Kier molecular flexibility index (Phi) is 3.53. The van der Waals surface area contributed by atoms with Crippen LogP contribution >= 0.6 is 0 Å². The van der Waals surface area contributed by atoms with Crippen LogP contribution in [0, 0.1) is 11.3 Å². The van der Waals surface area contributed by atoms with Crippen molar-refractivity contribution in [2.75, 3.05) is 0 Å². The Morgan fingerprint density at radius 3 is 2.62 bits per heavy atom. The van der Waals surface area contributed by atoms with Gasteiger partial charge in [0.2, 0.25) is 0 Å². The van der Waals surface area contributed by atoms with E-state index >= 15 is 0 Å². The van der Waals surface area contributed by atoms with Crippen molar-refractivity contribution in [3.63, 3.8) is 0 Å². The van der Waals surface area contributed by atoms with Crippen LogP contribution in [-0.2, 0) is 6.42 Å². The molecule has 0 radical (unpaired) electrons. The third-order valence-corrected chi connectivity index (χ3v) is 3.94. The lowest BCUT2D eigenvalue weighted by Gasteiger charge is -2.08. The summed E-state index contributed by atoms with van der Waals surface area (Å²) in [5.41, 5.74) is 4.46. The molecule has 0 spiro atoms. The molecule has 0 fully saturated rings. The zero-order chi connectivity index (χ0) is 16.4. The van der Waals surface area contributed by atoms with Gasteiger partial charge in [-0.3, -0.25) is 0 Å². The normalized spacial score (nSPS) is 10.6. The lowest BCUT2D eigenvalue weighted by Crippen LogP contribution is -1.94. The van der Waals surface area contributed by atoms with Crippen molar-refractivity contribution in [1.29, 1.82) is 5.26 Å². The van der Waals surface area contributed by atoms with Gasteiger partial charge < -0.3 is 4.42 Å². The third kappa shape index (κ3) is 2.64. The molecule has 114 valence electrons. The second kappa shape index (κ2) is 5.98. The molecular formula is C20H13N3O. The topological polar surface area (TPSA) is 62.7 Å². The highest BCUT2D eigenvalue weighted by atomic mass is 16.3. The van der Waals surface area contributed by atoms with E-state index in [2.05, 4.69) is 16.0 Å². The molecule has 4 rings (SSSR count). The molecule has 0 saturated carbocycles. The lowest BCUT2D eigenvalue weighted by molar-refractivity contribution is 0.630. The minimum Gasteiger partial charge on any atom is -0.456 e. The fraction of sp³-hybridized carbons (Fsp3) is 0.0500. The van der Waals surface area contributed by atoms with Gasteiger partial charge in [-0.05, 0) is 35.4 Å². The number of para-hydroxylation sites is 1. The highest BCUT2D eigenvalue weighted by molar-refractivity contribution is 5.83. The number of aromatic nitrogens is 2. The fourth-order valence-corrected chi connectivity index (χ4v) is 2.79. The minimum absolute atomic E-state index is 0.610. The van der Waals surface area contributed by atoms with Gasteiger partial charge in [-0.2, -0.15) is 5.26 Å². The molecule has 4 heteroatoms. The lowest BCUT2D eigenvalue weighted by atomic mass is 9.97. The molecule has 0 aliphatic heterocycles. The van der Waals surface area contributed by atoms with Gasteiger partial charge in [0.1, 0.15) is 17.7 Å². The van der Waals surface area contributed by atoms with Crippen LogP contribution in [0.15, 0.2) is 71.7 Å². The molecule has 2 heterocycles. The summed E-state index contributed by atoms with van der Waals surface area (Å²) in [7, 11) is 0. The zero-order valence-corrected chi connectivity index (χ0v) is 12.8. The summed E-state index contributed by atoms with van der Waals surface area (Å²) in [6.45, 7) is 0. The number of nitrogens with zero attached hydrogens (tertiary/aromatic N) is 3. The maximum Gasteiger partial charge on any atom is 0.135 e. The number of hydrogen-bond donors (Lipinski definition) is 0. The van der Waals surface area contributed by atoms with Crippen LogP contribution in [0.5, 0.6) is 0 Å². The molecule has 0 atom stereocenters. The van der Waals surface area contributed by atoms with Gasteiger partial charge in [-0.15, -0.1) is 0 Å². The smallest absolute Gasteiger partial charge is 0.135 e. The van der Waals surface area contributed by atoms with Crippen LogP contribution in [0.4, 0.5) is 0 Å². The molecule has 0 unspecified atom stereocenters. The van der Waals surface area contributed by atoms with Crippen molar-refractivity contribution < 1.29 is 4.42 Å². The third-order valence-electron chi connectivity index (χ3n) is 3.94. The Labute approximate surface area is 139 Å². The molecule has 0 amide bonds. The molecule has 2 aromatic heterocycles. The van der Waals surface area contributed by atoms with Crippen molar-refractivity contribution in [3.8, 4) is 17.4 Å². The van der Waals surface area contributed by atoms with Gasteiger partial charge in [-0.1, -0.05) is 24.3 Å². The summed E-state index contributed by atoms with van der Waals surface area (Å²) in [5, 5.41) is 10.3. The summed E-state index contributed by atoms with van der Waals surface area (Å²) in [6.07, 6.45) is 5.79. The van der Waals surface area contributed by atoms with Crippen molar-refractivity contribution >= 4 is 11.0 Å². The van der Waals surface area contributed by atoms with Crippen LogP contribution in [0.1, 0.15) is 16.7 Å². The molecule has 0 aliphatic rings. The van der Waals surface area contributed by atoms with Gasteiger partial charge in [-0.25, -0.2) is 9.97 Å².